The van der Waals surface area contributed by atoms with Crippen molar-refractivity contribution in [2.45, 2.75) is 39.2 Å². The topological polar surface area (TPSA) is 70.1 Å². The second-order valence-electron chi connectivity index (χ2n) is 7.32. The van der Waals surface area contributed by atoms with Crippen LogP contribution in [0, 0.1) is 4.77 Å². The summed E-state index contributed by atoms with van der Waals surface area (Å²) in [6.45, 7) is 3.49. The number of hydrogen-bond donors (Lipinski definition) is 2. The Morgan fingerprint density at radius 2 is 1.83 bits per heavy atom. The number of H-pyrrole nitrogens is 1. The van der Waals surface area contributed by atoms with Gasteiger partial charge in [-0.1, -0.05) is 30.7 Å². The van der Waals surface area contributed by atoms with E-state index in [1.165, 1.54) is 0 Å². The lowest BCUT2D eigenvalue weighted by molar-refractivity contribution is -0.116. The Morgan fingerprint density at radius 3 is 2.63 bits per heavy atom. The maximum atomic E-state index is 12.6. The van der Waals surface area contributed by atoms with Crippen molar-refractivity contribution in [2.24, 2.45) is 0 Å². The number of hydrogen-bond acceptors (Lipinski definition) is 4. The highest BCUT2D eigenvalue weighted by Crippen LogP contribution is 2.24. The Bertz CT molecular complexity index is 1140. The van der Waals surface area contributed by atoms with Crippen LogP contribution < -0.4 is 15.8 Å². The van der Waals surface area contributed by atoms with Gasteiger partial charge in [0, 0.05) is 26.6 Å². The van der Waals surface area contributed by atoms with Crippen LogP contribution in [0.3, 0.4) is 0 Å². The number of carbonyl (C=O) groups excluding carboxylic acids is 1. The van der Waals surface area contributed by atoms with Gasteiger partial charge in [0.05, 0.1) is 22.3 Å². The van der Waals surface area contributed by atoms with E-state index < -0.39 is 0 Å². The predicted octanol–water partition coefficient (Wildman–Crippen LogP) is 4.71. The molecule has 0 radical (unpaired) electrons. The summed E-state index contributed by atoms with van der Waals surface area (Å²) in [6, 6.07) is 15.2. The highest BCUT2D eigenvalue weighted by atomic mass is 32.1. The quantitative estimate of drug-likeness (QED) is 0.385. The van der Waals surface area contributed by atoms with Crippen molar-refractivity contribution in [3.63, 3.8) is 0 Å². The van der Waals surface area contributed by atoms with Crippen LogP contribution in [0.2, 0.25) is 0 Å². The smallest absolute Gasteiger partial charge is 0.262 e. The zero-order valence-electron chi connectivity index (χ0n) is 17.5. The molecule has 3 aromatic rings. The molecular weight excluding hydrogens is 396 g/mol. The summed E-state index contributed by atoms with van der Waals surface area (Å²) in [6.07, 6.45) is 2.84. The molecule has 0 atom stereocenters. The van der Waals surface area contributed by atoms with E-state index >= 15 is 0 Å². The summed E-state index contributed by atoms with van der Waals surface area (Å²) in [4.78, 5) is 30.2. The zero-order valence-corrected chi connectivity index (χ0v) is 18.3. The first-order valence-electron chi connectivity index (χ1n) is 10.3. The molecule has 2 aromatic carbocycles. The summed E-state index contributed by atoms with van der Waals surface area (Å²) >= 11 is 5.34. The molecule has 158 valence electrons. The monoisotopic (exact) mass is 424 g/mol. The third-order valence-electron chi connectivity index (χ3n) is 5.24. The third kappa shape index (κ3) is 5.16. The summed E-state index contributed by atoms with van der Waals surface area (Å²) in [7, 11) is 2.00. The lowest BCUT2D eigenvalue weighted by Gasteiger charge is -2.20. The lowest BCUT2D eigenvalue weighted by atomic mass is 10.1. The molecule has 0 unspecified atom stereocenters. The molecule has 0 aliphatic heterocycles. The van der Waals surface area contributed by atoms with Gasteiger partial charge >= 0.3 is 0 Å². The van der Waals surface area contributed by atoms with Gasteiger partial charge in [-0.2, -0.15) is 0 Å². The second kappa shape index (κ2) is 10.2. The molecule has 0 fully saturated rings. The van der Waals surface area contributed by atoms with E-state index in [1.807, 2.05) is 49.5 Å². The van der Waals surface area contributed by atoms with Gasteiger partial charge in [0.2, 0.25) is 5.91 Å². The van der Waals surface area contributed by atoms with E-state index in [-0.39, 0.29) is 11.5 Å². The fourth-order valence-corrected chi connectivity index (χ4v) is 3.71. The van der Waals surface area contributed by atoms with E-state index in [2.05, 4.69) is 22.1 Å². The average molecular weight is 425 g/mol. The number of nitrogens with zero attached hydrogens (tertiary/aromatic N) is 2. The standard InChI is InChI=1S/C23H28N4O2S/c1-3-26(2)20-14-9-8-13-19(20)24-21(28)15-5-4-10-16-27-22(29)17-11-6-7-12-18(17)25-23(27)30/h6-9,11-14H,3-5,10,15-16H2,1-2H3,(H,24,28)(H,25,30). The van der Waals surface area contributed by atoms with Crippen LogP contribution in [0.25, 0.3) is 10.9 Å². The lowest BCUT2D eigenvalue weighted by Crippen LogP contribution is -2.22. The van der Waals surface area contributed by atoms with E-state index in [1.54, 1.807) is 10.6 Å². The van der Waals surface area contributed by atoms with Crippen LogP contribution in [-0.4, -0.2) is 29.1 Å². The molecule has 0 saturated heterocycles. The number of unbranched alkanes of at least 4 members (excludes halogenated alkanes) is 2. The molecule has 7 heteroatoms. The number of para-hydroxylation sites is 3. The Balaban J connectivity index is 1.51. The summed E-state index contributed by atoms with van der Waals surface area (Å²) in [5.74, 6) is 0.00659. The van der Waals surface area contributed by atoms with Crippen molar-refractivity contribution in [3.05, 3.63) is 63.7 Å². The van der Waals surface area contributed by atoms with Gasteiger partial charge in [0.25, 0.3) is 5.56 Å². The third-order valence-corrected chi connectivity index (χ3v) is 5.56. The first kappa shape index (κ1) is 21.8. The molecule has 0 bridgehead atoms. The molecule has 1 heterocycles. The number of anilines is 2. The van der Waals surface area contributed by atoms with Gasteiger partial charge in [-0.05, 0) is 56.2 Å². The van der Waals surface area contributed by atoms with E-state index in [4.69, 9.17) is 12.2 Å². The zero-order chi connectivity index (χ0) is 21.5. The number of benzene rings is 2. The number of nitrogens with one attached hydrogen (secondary N) is 2. The van der Waals surface area contributed by atoms with Crippen LogP contribution in [-0.2, 0) is 11.3 Å². The molecule has 1 aromatic heterocycles. The van der Waals surface area contributed by atoms with Gasteiger partial charge in [-0.25, -0.2) is 0 Å². The van der Waals surface area contributed by atoms with Crippen LogP contribution in [0.15, 0.2) is 53.3 Å². The molecule has 2 N–H and O–H groups in total. The van der Waals surface area contributed by atoms with Gasteiger partial charge < -0.3 is 15.2 Å². The minimum Gasteiger partial charge on any atom is -0.373 e. The van der Waals surface area contributed by atoms with Crippen LogP contribution in [0.5, 0.6) is 0 Å². The summed E-state index contributed by atoms with van der Waals surface area (Å²) in [5.41, 5.74) is 2.54. The Labute approximate surface area is 181 Å². The molecule has 0 spiro atoms. The Kier molecular flexibility index (Phi) is 7.41. The first-order chi connectivity index (χ1) is 14.5. The molecule has 0 aliphatic carbocycles. The molecule has 0 aliphatic rings. The number of fused-ring (bicyclic) bond motifs is 1. The van der Waals surface area contributed by atoms with Crippen LogP contribution in [0.4, 0.5) is 11.4 Å². The van der Waals surface area contributed by atoms with Crippen LogP contribution >= 0.6 is 12.2 Å². The molecule has 3 rings (SSSR count). The minimum absolute atomic E-state index is 0.00659. The minimum atomic E-state index is -0.0660. The fourth-order valence-electron chi connectivity index (χ4n) is 3.43. The van der Waals surface area contributed by atoms with Gasteiger partial charge in [-0.15, -0.1) is 0 Å². The summed E-state index contributed by atoms with van der Waals surface area (Å²) < 4.78 is 2.04. The van der Waals surface area contributed by atoms with Crippen molar-refractivity contribution in [1.29, 1.82) is 0 Å². The van der Waals surface area contributed by atoms with E-state index in [9.17, 15) is 9.59 Å². The number of amides is 1. The summed E-state index contributed by atoms with van der Waals surface area (Å²) in [5, 5.41) is 3.66. The predicted molar refractivity (Wildman–Crippen MR) is 126 cm³/mol. The molecular formula is C23H28N4O2S. The van der Waals surface area contributed by atoms with Crippen molar-refractivity contribution in [3.8, 4) is 0 Å². The van der Waals surface area contributed by atoms with E-state index in [0.29, 0.717) is 23.1 Å². The largest absolute Gasteiger partial charge is 0.373 e. The highest BCUT2D eigenvalue weighted by molar-refractivity contribution is 7.71. The molecule has 0 saturated carbocycles. The van der Waals surface area contributed by atoms with Crippen molar-refractivity contribution in [1.82, 2.24) is 9.55 Å². The Hall–Kier alpha value is -2.93. The SMILES string of the molecule is CCN(C)c1ccccc1NC(=O)CCCCCn1c(=S)[nH]c2ccccc2c1=O. The van der Waals surface area contributed by atoms with Gasteiger partial charge in [0.1, 0.15) is 0 Å². The van der Waals surface area contributed by atoms with Crippen LogP contribution in [0.1, 0.15) is 32.6 Å². The van der Waals surface area contributed by atoms with Gasteiger partial charge in [0.15, 0.2) is 4.77 Å². The maximum absolute atomic E-state index is 12.6. The second-order valence-corrected chi connectivity index (χ2v) is 7.71. The average Bonchev–Trinajstić information content (AvgIpc) is 2.75. The first-order valence-corrected chi connectivity index (χ1v) is 10.7. The van der Waals surface area contributed by atoms with Crippen molar-refractivity contribution < 1.29 is 4.79 Å². The number of aromatic amines is 1. The Morgan fingerprint density at radius 1 is 1.10 bits per heavy atom. The molecule has 1 amide bonds. The molecule has 30 heavy (non-hydrogen) atoms. The van der Waals surface area contributed by atoms with Crippen molar-refractivity contribution >= 4 is 40.4 Å². The number of aromatic nitrogens is 2. The maximum Gasteiger partial charge on any atom is 0.262 e. The highest BCUT2D eigenvalue weighted by Gasteiger charge is 2.09. The van der Waals surface area contributed by atoms with E-state index in [0.717, 1.165) is 42.7 Å². The molecule has 6 nitrogen and oxygen atoms in total. The number of rotatable bonds is 9. The normalized spacial score (nSPS) is 10.9. The fraction of sp³-hybridized carbons (Fsp3) is 0.348. The van der Waals surface area contributed by atoms with Gasteiger partial charge in [-0.3, -0.25) is 14.2 Å². The number of carbonyl (C=O) groups is 1. The van der Waals surface area contributed by atoms with Crippen molar-refractivity contribution in [2.75, 3.05) is 23.8 Å².